The highest BCUT2D eigenvalue weighted by molar-refractivity contribution is 9.10. The fourth-order valence-electron chi connectivity index (χ4n) is 3.44. The van der Waals surface area contributed by atoms with Crippen LogP contribution in [0.1, 0.15) is 6.42 Å². The Labute approximate surface area is 165 Å². The largest absolute Gasteiger partial charge is 0.417 e. The number of nitrogens with one attached hydrogen (secondary N) is 1. The Morgan fingerprint density at radius 1 is 1.42 bits per heavy atom. The van der Waals surface area contributed by atoms with Crippen molar-refractivity contribution in [3.8, 4) is 5.88 Å². The first-order chi connectivity index (χ1) is 12.4. The van der Waals surface area contributed by atoms with Gasteiger partial charge in [-0.25, -0.2) is 14.2 Å². The lowest BCUT2D eigenvalue weighted by molar-refractivity contribution is 0.0846. The molecule has 4 rings (SSSR count). The fraction of sp³-hybridized carbons (Fsp3) is 0.400. The van der Waals surface area contributed by atoms with Crippen LogP contribution in [0.25, 0.3) is 10.9 Å². The molecule has 1 aromatic carbocycles. The zero-order valence-corrected chi connectivity index (χ0v) is 16.1. The maximum absolute atomic E-state index is 14.4. The summed E-state index contributed by atoms with van der Waals surface area (Å²) >= 11 is 14.9. The van der Waals surface area contributed by atoms with Crippen LogP contribution in [0.5, 0.6) is 5.88 Å². The summed E-state index contributed by atoms with van der Waals surface area (Å²) < 4.78 is 19.9. The Kier molecular flexibility index (Phi) is 4.68. The first-order valence-corrected chi connectivity index (χ1v) is 9.31. The van der Waals surface area contributed by atoms with E-state index in [9.17, 15) is 14.3 Å². The molecule has 1 aromatic heterocycles. The molecule has 3 atom stereocenters. The quantitative estimate of drug-likeness (QED) is 0.497. The molecular formula is C15H12BrCl2FN4O3. The van der Waals surface area contributed by atoms with Gasteiger partial charge in [-0.1, -0.05) is 11.6 Å². The van der Waals surface area contributed by atoms with E-state index in [2.05, 4.69) is 31.2 Å². The number of hydrogen-bond acceptors (Lipinski definition) is 6. The van der Waals surface area contributed by atoms with E-state index in [4.69, 9.17) is 27.9 Å². The molecule has 3 unspecified atom stereocenters. The molecule has 3 heterocycles. The molecule has 2 bridgehead atoms. The van der Waals surface area contributed by atoms with Crippen LogP contribution in [0.4, 0.5) is 9.18 Å². The molecule has 2 N–H and O–H groups in total. The Morgan fingerprint density at radius 2 is 2.19 bits per heavy atom. The van der Waals surface area contributed by atoms with Crippen molar-refractivity contribution >= 4 is 56.1 Å². The van der Waals surface area contributed by atoms with Gasteiger partial charge in [0.05, 0.1) is 33.1 Å². The molecule has 0 aliphatic carbocycles. The van der Waals surface area contributed by atoms with Gasteiger partial charge < -0.3 is 15.2 Å². The summed E-state index contributed by atoms with van der Waals surface area (Å²) in [6, 6.07) is 0.818. The molecule has 0 saturated carbocycles. The molecule has 2 fully saturated rings. The van der Waals surface area contributed by atoms with Crippen LogP contribution in [-0.2, 0) is 0 Å². The van der Waals surface area contributed by atoms with Crippen LogP contribution in [0.2, 0.25) is 10.3 Å². The molecule has 2 aliphatic rings. The number of hydrogen-bond donors (Lipinski definition) is 2. The SMILES string of the molecule is O=C(Oc1nc(Cl)nc2c(F)c(Br)c(Cl)cc12)N1C2CNCC1C(O)C2. The standard InChI is InChI=1S/C15H12BrCl2FN4O3/c16-10-7(17)2-6-12(11(10)19)21-14(18)22-13(6)26-15(25)23-5-1-9(24)8(23)4-20-3-5/h2,5,8-9,20,24H,1,3-4H2. The van der Waals surface area contributed by atoms with Crippen molar-refractivity contribution in [2.75, 3.05) is 13.1 Å². The topological polar surface area (TPSA) is 87.6 Å². The van der Waals surface area contributed by atoms with Gasteiger partial charge in [-0.15, -0.1) is 0 Å². The predicted octanol–water partition coefficient (Wildman–Crippen LogP) is 2.74. The summed E-state index contributed by atoms with van der Waals surface area (Å²) in [5.74, 6) is -0.919. The van der Waals surface area contributed by atoms with Crippen molar-refractivity contribution in [3.05, 3.63) is 26.7 Å². The maximum Gasteiger partial charge on any atom is 0.417 e. The molecule has 2 saturated heterocycles. The fourth-order valence-corrected chi connectivity index (χ4v) is 4.09. The number of carbonyl (C=O) groups excluding carboxylic acids is 1. The molecule has 2 aromatic rings. The van der Waals surface area contributed by atoms with Crippen LogP contribution in [0.3, 0.4) is 0 Å². The van der Waals surface area contributed by atoms with Crippen LogP contribution < -0.4 is 10.1 Å². The second kappa shape index (κ2) is 6.72. The summed E-state index contributed by atoms with van der Waals surface area (Å²) in [5, 5.41) is 13.2. The van der Waals surface area contributed by atoms with Gasteiger partial charge in [0.25, 0.3) is 0 Å². The number of aromatic nitrogens is 2. The highest BCUT2D eigenvalue weighted by Crippen LogP contribution is 2.36. The Balaban J connectivity index is 1.72. The molecule has 0 radical (unpaired) electrons. The van der Waals surface area contributed by atoms with Crippen LogP contribution in [0.15, 0.2) is 10.5 Å². The maximum atomic E-state index is 14.4. The summed E-state index contributed by atoms with van der Waals surface area (Å²) in [6.45, 7) is 1.02. The van der Waals surface area contributed by atoms with Gasteiger partial charge in [-0.3, -0.25) is 4.90 Å². The lowest BCUT2D eigenvalue weighted by Crippen LogP contribution is -2.56. The number of nitrogens with zero attached hydrogens (tertiary/aromatic N) is 3. The average molecular weight is 466 g/mol. The first-order valence-electron chi connectivity index (χ1n) is 7.76. The Bertz CT molecular complexity index is 918. The van der Waals surface area contributed by atoms with Crippen molar-refractivity contribution in [3.63, 3.8) is 0 Å². The molecule has 26 heavy (non-hydrogen) atoms. The van der Waals surface area contributed by atoms with Crippen LogP contribution >= 0.6 is 39.1 Å². The van der Waals surface area contributed by atoms with Crippen LogP contribution in [0, 0.1) is 5.82 Å². The third-order valence-corrected chi connectivity index (χ3v) is 6.07. The summed E-state index contributed by atoms with van der Waals surface area (Å²) in [6.07, 6.45) is -0.851. The minimum absolute atomic E-state index is 0.0296. The van der Waals surface area contributed by atoms with Gasteiger partial charge in [0.15, 0.2) is 5.82 Å². The van der Waals surface area contributed by atoms with E-state index in [1.807, 2.05) is 0 Å². The smallest absolute Gasteiger partial charge is 0.391 e. The normalized spacial score (nSPS) is 25.0. The highest BCUT2D eigenvalue weighted by atomic mass is 79.9. The van der Waals surface area contributed by atoms with E-state index in [-0.39, 0.29) is 43.6 Å². The molecule has 7 nitrogen and oxygen atoms in total. The van der Waals surface area contributed by atoms with Gasteiger partial charge >= 0.3 is 6.09 Å². The molecule has 11 heteroatoms. The van der Waals surface area contributed by atoms with Gasteiger partial charge in [0.2, 0.25) is 11.2 Å². The number of amides is 1. The predicted molar refractivity (Wildman–Crippen MR) is 96.1 cm³/mol. The number of benzene rings is 1. The second-order valence-electron chi connectivity index (χ2n) is 6.14. The molecule has 138 valence electrons. The van der Waals surface area contributed by atoms with E-state index in [1.54, 1.807) is 0 Å². The lowest BCUT2D eigenvalue weighted by Gasteiger charge is -2.34. The van der Waals surface area contributed by atoms with E-state index in [1.165, 1.54) is 11.0 Å². The second-order valence-corrected chi connectivity index (χ2v) is 7.68. The van der Waals surface area contributed by atoms with Crippen molar-refractivity contribution < 1.29 is 19.0 Å². The number of aliphatic hydroxyl groups excluding tert-OH is 1. The van der Waals surface area contributed by atoms with Gasteiger partial charge in [0.1, 0.15) is 5.52 Å². The molecule has 2 aliphatic heterocycles. The first kappa shape index (κ1) is 18.1. The van der Waals surface area contributed by atoms with Gasteiger partial charge in [0, 0.05) is 13.1 Å². The minimum Gasteiger partial charge on any atom is -0.391 e. The van der Waals surface area contributed by atoms with E-state index in [0.717, 1.165) is 0 Å². The average Bonchev–Trinajstić information content (AvgIpc) is 2.79. The number of ether oxygens (including phenoxy) is 1. The van der Waals surface area contributed by atoms with Gasteiger partial charge in [-0.2, -0.15) is 4.98 Å². The van der Waals surface area contributed by atoms with E-state index >= 15 is 0 Å². The molecular weight excluding hydrogens is 454 g/mol. The van der Waals surface area contributed by atoms with E-state index in [0.29, 0.717) is 19.5 Å². The number of piperazine rings is 1. The molecule has 0 spiro atoms. The van der Waals surface area contributed by atoms with Crippen molar-refractivity contribution in [2.45, 2.75) is 24.6 Å². The van der Waals surface area contributed by atoms with Crippen molar-refractivity contribution in [1.82, 2.24) is 20.2 Å². The number of aliphatic hydroxyl groups is 1. The zero-order chi connectivity index (χ0) is 18.6. The van der Waals surface area contributed by atoms with Crippen molar-refractivity contribution in [1.29, 1.82) is 0 Å². The monoisotopic (exact) mass is 464 g/mol. The Morgan fingerprint density at radius 3 is 2.92 bits per heavy atom. The van der Waals surface area contributed by atoms with Gasteiger partial charge in [-0.05, 0) is 40.0 Å². The summed E-state index contributed by atoms with van der Waals surface area (Å²) in [4.78, 5) is 21.9. The number of carbonyl (C=O) groups is 1. The van der Waals surface area contributed by atoms with Crippen LogP contribution in [-0.4, -0.2) is 57.3 Å². The summed E-state index contributed by atoms with van der Waals surface area (Å²) in [7, 11) is 0. The zero-order valence-electron chi connectivity index (χ0n) is 13.0. The number of halogens is 4. The third kappa shape index (κ3) is 2.91. The summed E-state index contributed by atoms with van der Waals surface area (Å²) in [5.41, 5.74) is -0.118. The number of rotatable bonds is 1. The van der Waals surface area contributed by atoms with Crippen molar-refractivity contribution in [2.24, 2.45) is 0 Å². The number of fused-ring (bicyclic) bond motifs is 3. The molecule has 1 amide bonds. The lowest BCUT2D eigenvalue weighted by atomic mass is 10.2. The minimum atomic E-state index is -0.730. The Hall–Kier alpha value is -1.26. The third-order valence-electron chi connectivity index (χ3n) is 4.60. The highest BCUT2D eigenvalue weighted by Gasteiger charge is 2.46. The van der Waals surface area contributed by atoms with E-state index < -0.39 is 18.0 Å².